The normalized spacial score (nSPS) is 15.0. The third kappa shape index (κ3) is 3.89. The summed E-state index contributed by atoms with van der Waals surface area (Å²) in [5.41, 5.74) is 2.22. The van der Waals surface area contributed by atoms with Crippen LogP contribution in [0.2, 0.25) is 0 Å². The highest BCUT2D eigenvalue weighted by Gasteiger charge is 2.27. The molecule has 144 valence electrons. The summed E-state index contributed by atoms with van der Waals surface area (Å²) in [5, 5.41) is 3.71. The zero-order chi connectivity index (χ0) is 19.5. The maximum atomic E-state index is 12.9. The Bertz CT molecular complexity index is 991. The number of quaternary nitrogens is 1. The van der Waals surface area contributed by atoms with Gasteiger partial charge in [0, 0.05) is 22.8 Å². The Balaban J connectivity index is 1.31. The Morgan fingerprint density at radius 3 is 2.54 bits per heavy atom. The van der Waals surface area contributed by atoms with Crippen LogP contribution >= 0.6 is 0 Å². The van der Waals surface area contributed by atoms with Gasteiger partial charge >= 0.3 is 0 Å². The Morgan fingerprint density at radius 2 is 1.79 bits per heavy atom. The maximum absolute atomic E-state index is 12.9. The summed E-state index contributed by atoms with van der Waals surface area (Å²) < 4.78 is 12.9. The minimum absolute atomic E-state index is 0.0206. The smallest absolute Gasteiger partial charge is 0.279 e. The number of piperazine rings is 1. The molecule has 0 saturated carbocycles. The van der Waals surface area contributed by atoms with E-state index in [1.54, 1.807) is 18.3 Å². The number of aromatic nitrogens is 1. The van der Waals surface area contributed by atoms with Gasteiger partial charge in [0.25, 0.3) is 11.8 Å². The minimum atomic E-state index is -0.334. The van der Waals surface area contributed by atoms with Crippen LogP contribution in [0.4, 0.5) is 10.1 Å². The molecule has 4 rings (SSSR count). The number of nitrogens with zero attached hydrogens (tertiary/aromatic N) is 1. The van der Waals surface area contributed by atoms with Crippen molar-refractivity contribution in [2.45, 2.75) is 0 Å². The third-order valence-corrected chi connectivity index (χ3v) is 5.12. The first-order valence-electron chi connectivity index (χ1n) is 9.34. The Hall–Kier alpha value is -3.19. The van der Waals surface area contributed by atoms with E-state index in [0.29, 0.717) is 44.0 Å². The lowest BCUT2D eigenvalue weighted by atomic mass is 10.1. The van der Waals surface area contributed by atoms with Crippen molar-refractivity contribution in [2.75, 3.05) is 38.0 Å². The highest BCUT2D eigenvalue weighted by Crippen LogP contribution is 2.19. The Kier molecular flexibility index (Phi) is 5.08. The highest BCUT2D eigenvalue weighted by molar-refractivity contribution is 6.06. The van der Waals surface area contributed by atoms with E-state index < -0.39 is 0 Å². The van der Waals surface area contributed by atoms with E-state index in [-0.39, 0.29) is 17.6 Å². The molecule has 3 N–H and O–H groups in total. The first-order valence-corrected chi connectivity index (χ1v) is 9.34. The Morgan fingerprint density at radius 1 is 1.07 bits per heavy atom. The van der Waals surface area contributed by atoms with Crippen molar-refractivity contribution in [1.82, 2.24) is 9.88 Å². The zero-order valence-corrected chi connectivity index (χ0v) is 15.4. The van der Waals surface area contributed by atoms with Gasteiger partial charge in [-0.1, -0.05) is 18.2 Å². The zero-order valence-electron chi connectivity index (χ0n) is 15.4. The molecule has 28 heavy (non-hydrogen) atoms. The molecule has 0 unspecified atom stereocenters. The first kappa shape index (κ1) is 18.2. The molecule has 1 aromatic heterocycles. The molecule has 0 spiro atoms. The van der Waals surface area contributed by atoms with Crippen molar-refractivity contribution in [1.29, 1.82) is 0 Å². The predicted octanol–water partition coefficient (Wildman–Crippen LogP) is 1.29. The number of nitrogens with one attached hydrogen (secondary N) is 3. The molecule has 2 aromatic carbocycles. The van der Waals surface area contributed by atoms with E-state index in [0.717, 1.165) is 15.8 Å². The van der Waals surface area contributed by atoms with E-state index in [9.17, 15) is 14.0 Å². The third-order valence-electron chi connectivity index (χ3n) is 5.12. The van der Waals surface area contributed by atoms with Crippen molar-refractivity contribution < 1.29 is 18.9 Å². The standard InChI is InChI=1S/C21H21FN4O2/c22-15-5-7-16(8-6-15)24-20(27)14-25-9-11-26(12-10-25)21(28)18-13-23-19-4-2-1-3-17(18)19/h1-8,13,23H,9-12,14H2,(H,24,27)/p+1. The van der Waals surface area contributed by atoms with E-state index in [4.69, 9.17) is 0 Å². The summed E-state index contributed by atoms with van der Waals surface area (Å²) in [6, 6.07) is 13.5. The van der Waals surface area contributed by atoms with Gasteiger partial charge in [0.2, 0.25) is 0 Å². The molecule has 7 heteroatoms. The fraction of sp³-hybridized carbons (Fsp3) is 0.238. The molecule has 2 amide bonds. The summed E-state index contributed by atoms with van der Waals surface area (Å²) in [5.74, 6) is -0.426. The fourth-order valence-corrected chi connectivity index (χ4v) is 3.59. The molecule has 3 aromatic rings. The van der Waals surface area contributed by atoms with Crippen LogP contribution in [0.25, 0.3) is 10.9 Å². The van der Waals surface area contributed by atoms with Gasteiger partial charge in [0.1, 0.15) is 5.82 Å². The van der Waals surface area contributed by atoms with Crippen LogP contribution in [0, 0.1) is 5.82 Å². The van der Waals surface area contributed by atoms with Crippen molar-refractivity contribution in [3.05, 3.63) is 66.1 Å². The Labute approximate surface area is 161 Å². The molecular weight excluding hydrogens is 359 g/mol. The summed E-state index contributed by atoms with van der Waals surface area (Å²) in [6.07, 6.45) is 1.77. The number of benzene rings is 2. The number of hydrogen-bond donors (Lipinski definition) is 3. The second-order valence-corrected chi connectivity index (χ2v) is 7.02. The van der Waals surface area contributed by atoms with Crippen LogP contribution in [0.1, 0.15) is 10.4 Å². The number of aromatic amines is 1. The van der Waals surface area contributed by atoms with Crippen LogP contribution in [0.15, 0.2) is 54.7 Å². The fourth-order valence-electron chi connectivity index (χ4n) is 3.59. The van der Waals surface area contributed by atoms with E-state index in [1.165, 1.54) is 12.1 Å². The van der Waals surface area contributed by atoms with Gasteiger partial charge in [0.05, 0.1) is 31.7 Å². The average molecular weight is 381 g/mol. The van der Waals surface area contributed by atoms with Crippen LogP contribution in [0.3, 0.4) is 0 Å². The maximum Gasteiger partial charge on any atom is 0.279 e. The quantitative estimate of drug-likeness (QED) is 0.637. The number of rotatable bonds is 4. The molecule has 1 aliphatic rings. The number of hydrogen-bond acceptors (Lipinski definition) is 2. The molecule has 1 saturated heterocycles. The summed E-state index contributed by atoms with van der Waals surface area (Å²) in [4.78, 5) is 31.2. The number of halogens is 1. The number of para-hydroxylation sites is 1. The van der Waals surface area contributed by atoms with Gasteiger partial charge in [-0.15, -0.1) is 0 Å². The largest absolute Gasteiger partial charge is 0.360 e. The average Bonchev–Trinajstić information content (AvgIpc) is 3.14. The number of H-pyrrole nitrogens is 1. The van der Waals surface area contributed by atoms with Gasteiger partial charge < -0.3 is 20.1 Å². The first-order chi connectivity index (χ1) is 13.6. The van der Waals surface area contributed by atoms with E-state index in [1.807, 2.05) is 29.2 Å². The van der Waals surface area contributed by atoms with Gasteiger partial charge in [0.15, 0.2) is 6.54 Å². The molecule has 2 heterocycles. The van der Waals surface area contributed by atoms with Crippen LogP contribution in [-0.2, 0) is 4.79 Å². The van der Waals surface area contributed by atoms with E-state index in [2.05, 4.69) is 10.3 Å². The lowest BCUT2D eigenvalue weighted by Crippen LogP contribution is -3.15. The van der Waals surface area contributed by atoms with Crippen LogP contribution < -0.4 is 10.2 Å². The molecule has 1 aliphatic heterocycles. The second-order valence-electron chi connectivity index (χ2n) is 7.02. The minimum Gasteiger partial charge on any atom is -0.360 e. The molecule has 0 radical (unpaired) electrons. The number of carbonyl (C=O) groups excluding carboxylic acids is 2. The number of amides is 2. The summed E-state index contributed by atoms with van der Waals surface area (Å²) in [7, 11) is 0. The number of carbonyl (C=O) groups is 2. The lowest BCUT2D eigenvalue weighted by molar-refractivity contribution is -0.895. The monoisotopic (exact) mass is 381 g/mol. The van der Waals surface area contributed by atoms with Crippen molar-refractivity contribution >= 4 is 28.4 Å². The SMILES string of the molecule is O=C(C[NH+]1CCN(C(=O)c2c[nH]c3ccccc23)CC1)Nc1ccc(F)cc1. The predicted molar refractivity (Wildman–Crippen MR) is 105 cm³/mol. The summed E-state index contributed by atoms with van der Waals surface area (Å²) in [6.45, 7) is 2.97. The second kappa shape index (κ2) is 7.82. The van der Waals surface area contributed by atoms with Gasteiger partial charge in [-0.2, -0.15) is 0 Å². The number of fused-ring (bicyclic) bond motifs is 1. The van der Waals surface area contributed by atoms with Crippen LogP contribution in [0.5, 0.6) is 0 Å². The van der Waals surface area contributed by atoms with Gasteiger partial charge in [-0.25, -0.2) is 4.39 Å². The van der Waals surface area contributed by atoms with Crippen molar-refractivity contribution in [2.24, 2.45) is 0 Å². The molecule has 6 nitrogen and oxygen atoms in total. The molecule has 0 aliphatic carbocycles. The molecule has 0 bridgehead atoms. The highest BCUT2D eigenvalue weighted by atomic mass is 19.1. The topological polar surface area (TPSA) is 69.6 Å². The molecular formula is C21H22FN4O2+. The van der Waals surface area contributed by atoms with Crippen LogP contribution in [-0.4, -0.2) is 54.4 Å². The lowest BCUT2D eigenvalue weighted by Gasteiger charge is -2.31. The van der Waals surface area contributed by atoms with E-state index >= 15 is 0 Å². The van der Waals surface area contributed by atoms with Crippen molar-refractivity contribution in [3.63, 3.8) is 0 Å². The van der Waals surface area contributed by atoms with Crippen molar-refractivity contribution in [3.8, 4) is 0 Å². The molecule has 1 fully saturated rings. The van der Waals surface area contributed by atoms with Gasteiger partial charge in [-0.05, 0) is 30.3 Å². The molecule has 0 atom stereocenters. The number of anilines is 1. The van der Waals surface area contributed by atoms with Gasteiger partial charge in [-0.3, -0.25) is 9.59 Å². The summed E-state index contributed by atoms with van der Waals surface area (Å²) >= 11 is 0.